The molecule has 4 nitrogen and oxygen atoms in total. The number of nitrogens with zero attached hydrogens (tertiary/aromatic N) is 2. The third-order valence-electron chi connectivity index (χ3n) is 4.97. The second-order valence-corrected chi connectivity index (χ2v) is 7.97. The van der Waals surface area contributed by atoms with Crippen LogP contribution in [0.1, 0.15) is 5.56 Å². The van der Waals surface area contributed by atoms with Gasteiger partial charge in [-0.15, -0.1) is 0 Å². The third kappa shape index (κ3) is 3.76. The Bertz CT molecular complexity index is 732. The summed E-state index contributed by atoms with van der Waals surface area (Å²) in [5, 5.41) is 3.17. The molecular formula is C19H22FN3OS. The largest absolute Gasteiger partial charge is 0.610 e. The fourth-order valence-electron chi connectivity index (χ4n) is 3.45. The first-order valence-corrected chi connectivity index (χ1v) is 9.99. The molecule has 2 heterocycles. The smallest absolute Gasteiger partial charge is 0.181 e. The minimum atomic E-state index is -0.902. The predicted molar refractivity (Wildman–Crippen MR) is 100 cm³/mol. The first-order valence-electron chi connectivity index (χ1n) is 8.67. The Hall–Kier alpha value is -1.76. The van der Waals surface area contributed by atoms with Crippen molar-refractivity contribution in [1.29, 1.82) is 0 Å². The van der Waals surface area contributed by atoms with Gasteiger partial charge in [-0.25, -0.2) is 4.39 Å². The van der Waals surface area contributed by atoms with E-state index >= 15 is 0 Å². The predicted octanol–water partition coefficient (Wildman–Crippen LogP) is 2.68. The number of anilines is 2. The molecule has 6 heteroatoms. The van der Waals surface area contributed by atoms with Crippen LogP contribution < -0.4 is 10.2 Å². The lowest BCUT2D eigenvalue weighted by atomic mass is 10.1. The summed E-state index contributed by atoms with van der Waals surface area (Å²) in [6.07, 6.45) is 0.973. The Balaban J connectivity index is 1.29. The fraction of sp³-hybridized carbons (Fsp3) is 0.368. The van der Waals surface area contributed by atoms with Crippen LogP contribution in [-0.4, -0.2) is 48.1 Å². The van der Waals surface area contributed by atoms with E-state index in [0.717, 1.165) is 55.4 Å². The van der Waals surface area contributed by atoms with Gasteiger partial charge in [-0.1, -0.05) is 6.07 Å². The van der Waals surface area contributed by atoms with Gasteiger partial charge in [0.1, 0.15) is 5.82 Å². The van der Waals surface area contributed by atoms with Gasteiger partial charge in [-0.3, -0.25) is 4.90 Å². The number of piperazine rings is 1. The highest BCUT2D eigenvalue weighted by molar-refractivity contribution is 7.92. The highest BCUT2D eigenvalue weighted by Gasteiger charge is 2.24. The molecule has 2 aromatic rings. The molecular weight excluding hydrogens is 337 g/mol. The van der Waals surface area contributed by atoms with Crippen LogP contribution in [0.5, 0.6) is 0 Å². The summed E-state index contributed by atoms with van der Waals surface area (Å²) in [7, 11) is 0. The molecule has 0 spiro atoms. The number of halogens is 1. The van der Waals surface area contributed by atoms with Gasteiger partial charge in [0.25, 0.3) is 0 Å². The van der Waals surface area contributed by atoms with Crippen molar-refractivity contribution < 1.29 is 8.94 Å². The summed E-state index contributed by atoms with van der Waals surface area (Å²) in [6, 6.07) is 13.0. The zero-order valence-corrected chi connectivity index (χ0v) is 14.9. The first kappa shape index (κ1) is 16.7. The lowest BCUT2D eigenvalue weighted by Gasteiger charge is -2.36. The Kier molecular flexibility index (Phi) is 4.83. The second kappa shape index (κ2) is 7.23. The summed E-state index contributed by atoms with van der Waals surface area (Å²) in [4.78, 5) is 5.71. The molecule has 1 fully saturated rings. The van der Waals surface area contributed by atoms with E-state index in [1.807, 2.05) is 18.2 Å². The summed E-state index contributed by atoms with van der Waals surface area (Å²) in [6.45, 7) is 4.95. The van der Waals surface area contributed by atoms with Crippen molar-refractivity contribution in [2.45, 2.75) is 11.3 Å². The van der Waals surface area contributed by atoms with E-state index in [9.17, 15) is 8.94 Å². The number of hydrogen-bond donors (Lipinski definition) is 1. The van der Waals surface area contributed by atoms with E-state index in [1.165, 1.54) is 17.7 Å². The van der Waals surface area contributed by atoms with Crippen molar-refractivity contribution in [2.24, 2.45) is 0 Å². The molecule has 2 aliphatic rings. The molecule has 0 saturated carbocycles. The average Bonchev–Trinajstić information content (AvgIpc) is 3.02. The normalized spacial score (nSPS) is 20.4. The van der Waals surface area contributed by atoms with Crippen LogP contribution in [0.2, 0.25) is 0 Å². The van der Waals surface area contributed by atoms with Gasteiger partial charge in [0.2, 0.25) is 0 Å². The standard InChI is InChI=1S/C19H22FN3OS/c20-16-2-4-17(5-3-16)23-11-9-22(10-12-23)8-7-15-1-6-18-19(13-15)25(24)14-21-18/h1-6,13,21H,7-12,14H2. The number of fused-ring (bicyclic) bond motifs is 1. The van der Waals surface area contributed by atoms with E-state index in [0.29, 0.717) is 5.88 Å². The lowest BCUT2D eigenvalue weighted by Crippen LogP contribution is -2.47. The maximum atomic E-state index is 13.0. The van der Waals surface area contributed by atoms with Gasteiger partial charge in [0, 0.05) is 49.6 Å². The Morgan fingerprint density at radius 2 is 1.80 bits per heavy atom. The minimum absolute atomic E-state index is 0.187. The van der Waals surface area contributed by atoms with Crippen LogP contribution in [-0.2, 0) is 17.6 Å². The van der Waals surface area contributed by atoms with Crippen molar-refractivity contribution in [2.75, 3.05) is 48.8 Å². The minimum Gasteiger partial charge on any atom is -0.610 e. The van der Waals surface area contributed by atoms with Gasteiger partial charge in [-0.2, -0.15) is 0 Å². The van der Waals surface area contributed by atoms with Crippen molar-refractivity contribution in [1.82, 2.24) is 4.90 Å². The van der Waals surface area contributed by atoms with Gasteiger partial charge in [0.15, 0.2) is 10.8 Å². The average molecular weight is 359 g/mol. The van der Waals surface area contributed by atoms with Crippen LogP contribution in [0.15, 0.2) is 47.4 Å². The summed E-state index contributed by atoms with van der Waals surface area (Å²) in [5.41, 5.74) is 3.35. The molecule has 0 aromatic heterocycles. The zero-order valence-electron chi connectivity index (χ0n) is 14.1. The molecule has 0 bridgehead atoms. The van der Waals surface area contributed by atoms with Gasteiger partial charge < -0.3 is 14.8 Å². The molecule has 2 aromatic carbocycles. The van der Waals surface area contributed by atoms with Crippen molar-refractivity contribution >= 4 is 22.6 Å². The van der Waals surface area contributed by atoms with Crippen LogP contribution in [0.4, 0.5) is 15.8 Å². The number of benzene rings is 2. The second-order valence-electron chi connectivity index (χ2n) is 6.55. The zero-order chi connectivity index (χ0) is 17.2. The van der Waals surface area contributed by atoms with Crippen molar-refractivity contribution in [3.63, 3.8) is 0 Å². The van der Waals surface area contributed by atoms with Crippen LogP contribution in [0, 0.1) is 5.82 Å². The molecule has 2 aliphatic heterocycles. The quantitative estimate of drug-likeness (QED) is 0.853. The van der Waals surface area contributed by atoms with Gasteiger partial charge >= 0.3 is 0 Å². The molecule has 4 rings (SSSR count). The molecule has 25 heavy (non-hydrogen) atoms. The maximum Gasteiger partial charge on any atom is 0.181 e. The molecule has 0 amide bonds. The third-order valence-corrected chi connectivity index (χ3v) is 6.20. The van der Waals surface area contributed by atoms with E-state index in [1.54, 1.807) is 0 Å². The molecule has 1 atom stereocenters. The van der Waals surface area contributed by atoms with Gasteiger partial charge in [-0.05, 0) is 48.4 Å². The number of rotatable bonds is 4. The first-order chi connectivity index (χ1) is 12.2. The van der Waals surface area contributed by atoms with E-state index in [2.05, 4.69) is 27.2 Å². The molecule has 0 radical (unpaired) electrons. The molecule has 132 valence electrons. The Morgan fingerprint density at radius 1 is 1.04 bits per heavy atom. The molecule has 1 saturated heterocycles. The van der Waals surface area contributed by atoms with E-state index < -0.39 is 11.2 Å². The van der Waals surface area contributed by atoms with E-state index in [4.69, 9.17) is 0 Å². The molecule has 1 unspecified atom stereocenters. The van der Waals surface area contributed by atoms with E-state index in [-0.39, 0.29) is 5.82 Å². The van der Waals surface area contributed by atoms with Crippen LogP contribution >= 0.6 is 0 Å². The summed E-state index contributed by atoms with van der Waals surface area (Å²) >= 11 is -0.902. The lowest BCUT2D eigenvalue weighted by molar-refractivity contribution is 0.261. The van der Waals surface area contributed by atoms with Gasteiger partial charge in [0.05, 0.1) is 5.69 Å². The molecule has 1 N–H and O–H groups in total. The van der Waals surface area contributed by atoms with Crippen LogP contribution in [0.3, 0.4) is 0 Å². The topological polar surface area (TPSA) is 41.6 Å². The number of hydrogen-bond acceptors (Lipinski definition) is 4. The Morgan fingerprint density at radius 3 is 2.56 bits per heavy atom. The monoisotopic (exact) mass is 359 g/mol. The Labute approximate surface area is 150 Å². The summed E-state index contributed by atoms with van der Waals surface area (Å²) < 4.78 is 25.0. The summed E-state index contributed by atoms with van der Waals surface area (Å²) in [5.74, 6) is 0.345. The highest BCUT2D eigenvalue weighted by atomic mass is 32.2. The van der Waals surface area contributed by atoms with Crippen molar-refractivity contribution in [3.05, 3.63) is 53.8 Å². The highest BCUT2D eigenvalue weighted by Crippen LogP contribution is 2.29. The van der Waals surface area contributed by atoms with Crippen LogP contribution in [0.25, 0.3) is 0 Å². The SMILES string of the molecule is [O-][S+]1CNc2ccc(CCN3CCN(c4ccc(F)cc4)CC3)cc21. The molecule has 0 aliphatic carbocycles. The van der Waals surface area contributed by atoms with Crippen molar-refractivity contribution in [3.8, 4) is 0 Å². The number of nitrogens with one attached hydrogen (secondary N) is 1. The fourth-order valence-corrected chi connectivity index (χ4v) is 4.56. The maximum absolute atomic E-state index is 13.0.